The predicted molar refractivity (Wildman–Crippen MR) is 263 cm³/mol. The van der Waals surface area contributed by atoms with Gasteiger partial charge in [0.25, 0.3) is 0 Å². The van der Waals surface area contributed by atoms with Crippen molar-refractivity contribution in [3.63, 3.8) is 0 Å². The SMILES string of the molecule is c1cncc(-c2ccc(-c3nc(-c4ccc(-c5cccnc5)cc4)nc(-c4cc(-c5c6ccccc6cc6ccccc56)cc(-c5c6ccccc6cc6ccccc56)c4)n3)cc2)c1. The Hall–Kier alpha value is -8.67. The average molecular weight is 816 g/mol. The van der Waals surface area contributed by atoms with Crippen LogP contribution in [0.25, 0.3) is 122 Å². The Kier molecular flexibility index (Phi) is 9.08. The van der Waals surface area contributed by atoms with Crippen LogP contribution in [0, 0.1) is 0 Å². The fourth-order valence-electron chi connectivity index (χ4n) is 9.15. The van der Waals surface area contributed by atoms with E-state index < -0.39 is 0 Å². The number of fused-ring (bicyclic) bond motifs is 4. The quantitative estimate of drug-likeness (QED) is 0.150. The molecule has 12 aromatic rings. The second-order valence-corrected chi connectivity index (χ2v) is 16.1. The third-order valence-electron chi connectivity index (χ3n) is 12.2. The Morgan fingerprint density at radius 1 is 0.234 bits per heavy atom. The highest BCUT2D eigenvalue weighted by atomic mass is 15.0. The zero-order valence-electron chi connectivity index (χ0n) is 34.6. The molecule has 0 aliphatic rings. The fraction of sp³-hybridized carbons (Fsp3) is 0. The zero-order chi connectivity index (χ0) is 42.4. The van der Waals surface area contributed by atoms with E-state index in [4.69, 9.17) is 15.0 Å². The van der Waals surface area contributed by atoms with Gasteiger partial charge < -0.3 is 0 Å². The largest absolute Gasteiger partial charge is 0.264 e. The number of aromatic nitrogens is 5. The smallest absolute Gasteiger partial charge is 0.164 e. The Morgan fingerprint density at radius 3 is 0.922 bits per heavy atom. The lowest BCUT2D eigenvalue weighted by molar-refractivity contribution is 1.07. The third kappa shape index (κ3) is 6.73. The second kappa shape index (κ2) is 15.7. The summed E-state index contributed by atoms with van der Waals surface area (Å²) in [6, 6.07) is 71.1. The van der Waals surface area contributed by atoms with Gasteiger partial charge >= 0.3 is 0 Å². The predicted octanol–water partition coefficient (Wildman–Crippen LogP) is 14.9. The van der Waals surface area contributed by atoms with Crippen molar-refractivity contribution in [2.75, 3.05) is 0 Å². The topological polar surface area (TPSA) is 64.5 Å². The van der Waals surface area contributed by atoms with Crippen molar-refractivity contribution in [2.24, 2.45) is 0 Å². The molecular weight excluding hydrogens is 779 g/mol. The van der Waals surface area contributed by atoms with Gasteiger partial charge in [0.05, 0.1) is 0 Å². The van der Waals surface area contributed by atoms with Crippen molar-refractivity contribution >= 4 is 43.1 Å². The highest BCUT2D eigenvalue weighted by molar-refractivity contribution is 6.16. The monoisotopic (exact) mass is 815 g/mol. The first-order valence-corrected chi connectivity index (χ1v) is 21.5. The van der Waals surface area contributed by atoms with Crippen LogP contribution in [-0.2, 0) is 0 Å². The van der Waals surface area contributed by atoms with Gasteiger partial charge in [0.1, 0.15) is 0 Å². The van der Waals surface area contributed by atoms with Crippen molar-refractivity contribution in [1.82, 2.24) is 24.9 Å². The molecule has 0 aliphatic carbocycles. The number of nitrogens with zero attached hydrogens (tertiary/aromatic N) is 5. The lowest BCUT2D eigenvalue weighted by Gasteiger charge is -2.18. The molecule has 9 aromatic carbocycles. The highest BCUT2D eigenvalue weighted by Gasteiger charge is 2.19. The molecule has 5 nitrogen and oxygen atoms in total. The molecule has 0 amide bonds. The summed E-state index contributed by atoms with van der Waals surface area (Å²) in [6.45, 7) is 0. The number of rotatable bonds is 7. The maximum absolute atomic E-state index is 5.34. The van der Waals surface area contributed by atoms with Gasteiger partial charge in [0.2, 0.25) is 0 Å². The molecule has 0 saturated heterocycles. The van der Waals surface area contributed by atoms with Gasteiger partial charge in [-0.05, 0) is 130 Å². The highest BCUT2D eigenvalue weighted by Crippen LogP contribution is 2.43. The standard InChI is InChI=1S/C59H37N5/c1-5-17-51-42(11-1)31-43-12-2-6-18-52(43)55(51)48-33-49(56-53-19-7-3-13-44(53)32-45-14-4-8-20-54(45)56)35-50(34-48)59-63-57(40-25-21-38(22-26-40)46-15-9-29-60-36-46)62-58(64-59)41-27-23-39(24-28-41)47-16-10-30-61-37-47/h1-37H. The lowest BCUT2D eigenvalue weighted by Crippen LogP contribution is -2.01. The normalized spacial score (nSPS) is 11.4. The van der Waals surface area contributed by atoms with Gasteiger partial charge in [0, 0.05) is 41.5 Å². The molecule has 0 N–H and O–H groups in total. The minimum atomic E-state index is 0.588. The summed E-state index contributed by atoms with van der Waals surface area (Å²) in [5.74, 6) is 1.77. The van der Waals surface area contributed by atoms with Crippen LogP contribution in [0.1, 0.15) is 0 Å². The Bertz CT molecular complexity index is 3350. The molecule has 0 saturated carbocycles. The van der Waals surface area contributed by atoms with E-state index in [9.17, 15) is 0 Å². The van der Waals surface area contributed by atoms with Crippen molar-refractivity contribution in [3.8, 4) is 78.7 Å². The molecule has 3 heterocycles. The van der Waals surface area contributed by atoms with E-state index in [0.717, 1.165) is 50.1 Å². The Balaban J connectivity index is 1.13. The Morgan fingerprint density at radius 2 is 0.562 bits per heavy atom. The van der Waals surface area contributed by atoms with E-state index in [1.165, 1.54) is 54.2 Å². The molecular formula is C59H37N5. The maximum atomic E-state index is 5.34. The van der Waals surface area contributed by atoms with Gasteiger partial charge in [-0.1, -0.05) is 158 Å². The molecule has 64 heavy (non-hydrogen) atoms. The summed E-state index contributed by atoms with van der Waals surface area (Å²) in [7, 11) is 0. The van der Waals surface area contributed by atoms with Gasteiger partial charge in [0.15, 0.2) is 17.5 Å². The van der Waals surface area contributed by atoms with Gasteiger partial charge in [-0.2, -0.15) is 0 Å². The van der Waals surface area contributed by atoms with Crippen LogP contribution in [0.2, 0.25) is 0 Å². The van der Waals surface area contributed by atoms with Crippen LogP contribution in [-0.4, -0.2) is 24.9 Å². The van der Waals surface area contributed by atoms with E-state index in [1.54, 1.807) is 12.4 Å². The first kappa shape index (κ1) is 37.1. The van der Waals surface area contributed by atoms with Crippen LogP contribution >= 0.6 is 0 Å². The molecule has 0 bridgehead atoms. The molecule has 0 atom stereocenters. The molecule has 12 rings (SSSR count). The van der Waals surface area contributed by atoms with Gasteiger partial charge in [-0.25, -0.2) is 15.0 Å². The number of hydrogen-bond acceptors (Lipinski definition) is 5. The zero-order valence-corrected chi connectivity index (χ0v) is 34.6. The molecule has 0 aliphatic heterocycles. The third-order valence-corrected chi connectivity index (χ3v) is 12.2. The minimum Gasteiger partial charge on any atom is -0.264 e. The first-order valence-electron chi connectivity index (χ1n) is 21.5. The van der Waals surface area contributed by atoms with E-state index in [-0.39, 0.29) is 0 Å². The fourth-order valence-corrected chi connectivity index (χ4v) is 9.15. The summed E-state index contributed by atoms with van der Waals surface area (Å²) in [5, 5.41) is 9.50. The van der Waals surface area contributed by atoms with Crippen LogP contribution in [0.5, 0.6) is 0 Å². The number of hydrogen-bond donors (Lipinski definition) is 0. The molecule has 0 spiro atoms. The second-order valence-electron chi connectivity index (χ2n) is 16.1. The van der Waals surface area contributed by atoms with Gasteiger partial charge in [-0.3, -0.25) is 9.97 Å². The lowest BCUT2D eigenvalue weighted by atomic mass is 9.87. The van der Waals surface area contributed by atoms with Crippen LogP contribution < -0.4 is 0 Å². The summed E-state index contributed by atoms with van der Waals surface area (Å²) < 4.78 is 0. The molecule has 0 unspecified atom stereocenters. The van der Waals surface area contributed by atoms with Crippen molar-refractivity contribution < 1.29 is 0 Å². The number of pyridine rings is 2. The van der Waals surface area contributed by atoms with Crippen molar-refractivity contribution in [3.05, 3.63) is 225 Å². The van der Waals surface area contributed by atoms with Crippen molar-refractivity contribution in [1.29, 1.82) is 0 Å². The number of benzene rings is 9. The Labute approximate surface area is 370 Å². The van der Waals surface area contributed by atoms with Crippen LogP contribution in [0.4, 0.5) is 0 Å². The summed E-state index contributed by atoms with van der Waals surface area (Å²) in [4.78, 5) is 24.6. The summed E-state index contributed by atoms with van der Waals surface area (Å²) in [5.41, 5.74) is 11.4. The van der Waals surface area contributed by atoms with Crippen molar-refractivity contribution in [2.45, 2.75) is 0 Å². The minimum absolute atomic E-state index is 0.588. The molecule has 3 aromatic heterocycles. The molecule has 298 valence electrons. The van der Waals surface area contributed by atoms with Gasteiger partial charge in [-0.15, -0.1) is 0 Å². The van der Waals surface area contributed by atoms with Crippen LogP contribution in [0.3, 0.4) is 0 Å². The summed E-state index contributed by atoms with van der Waals surface area (Å²) in [6.07, 6.45) is 7.35. The van der Waals surface area contributed by atoms with E-state index in [2.05, 4.69) is 198 Å². The molecule has 5 heteroatoms. The summed E-state index contributed by atoms with van der Waals surface area (Å²) >= 11 is 0. The first-order chi connectivity index (χ1) is 31.7. The van der Waals surface area contributed by atoms with E-state index in [0.29, 0.717) is 17.5 Å². The van der Waals surface area contributed by atoms with E-state index in [1.807, 2.05) is 24.5 Å². The van der Waals surface area contributed by atoms with Crippen LogP contribution in [0.15, 0.2) is 225 Å². The average Bonchev–Trinajstić information content (AvgIpc) is 3.37. The van der Waals surface area contributed by atoms with E-state index >= 15 is 0 Å². The maximum Gasteiger partial charge on any atom is 0.164 e. The molecule has 0 radical (unpaired) electrons. The molecule has 0 fully saturated rings.